The van der Waals surface area contributed by atoms with E-state index in [2.05, 4.69) is 34.9 Å². The second-order valence-corrected chi connectivity index (χ2v) is 7.89. The SMILES string of the molecule is NCC(=O)Nc1ccc(C(=O)NC(=O)Cc2ccc(CCCCc3ccccc3)cc2)cc1. The Kier molecular flexibility index (Phi) is 8.91. The molecule has 0 unspecified atom stereocenters. The number of aryl methyl sites for hydroxylation is 2. The maximum absolute atomic E-state index is 12.3. The zero-order valence-electron chi connectivity index (χ0n) is 18.6. The van der Waals surface area contributed by atoms with Crippen molar-refractivity contribution >= 4 is 23.4 Å². The summed E-state index contributed by atoms with van der Waals surface area (Å²) in [5.41, 5.74) is 9.59. The van der Waals surface area contributed by atoms with Gasteiger partial charge < -0.3 is 11.1 Å². The van der Waals surface area contributed by atoms with Gasteiger partial charge in [-0.05, 0) is 66.6 Å². The molecule has 33 heavy (non-hydrogen) atoms. The number of anilines is 1. The smallest absolute Gasteiger partial charge is 0.257 e. The molecule has 3 aromatic rings. The van der Waals surface area contributed by atoms with Gasteiger partial charge >= 0.3 is 0 Å². The Hall–Kier alpha value is -3.77. The number of unbranched alkanes of at least 4 members (excludes halogenated alkanes) is 1. The van der Waals surface area contributed by atoms with Crippen molar-refractivity contribution in [1.82, 2.24) is 5.32 Å². The standard InChI is InChI=1S/C27H29N3O3/c28-19-26(32)29-24-16-14-23(15-17-24)27(33)30-25(31)18-22-12-10-21(11-13-22)9-5-4-8-20-6-2-1-3-7-20/h1-3,6-7,10-17H,4-5,8-9,18-19,28H2,(H,29,32)(H,30,31,33). The molecule has 0 aliphatic rings. The fourth-order valence-corrected chi connectivity index (χ4v) is 3.47. The van der Waals surface area contributed by atoms with Crippen LogP contribution in [0.25, 0.3) is 0 Å². The lowest BCUT2D eigenvalue weighted by Gasteiger charge is -2.07. The van der Waals surface area contributed by atoms with Crippen molar-refractivity contribution in [2.24, 2.45) is 5.73 Å². The van der Waals surface area contributed by atoms with Crippen LogP contribution in [0.3, 0.4) is 0 Å². The van der Waals surface area contributed by atoms with Crippen molar-refractivity contribution in [3.05, 3.63) is 101 Å². The molecular weight excluding hydrogens is 414 g/mol. The van der Waals surface area contributed by atoms with E-state index in [9.17, 15) is 14.4 Å². The average Bonchev–Trinajstić information content (AvgIpc) is 2.83. The lowest BCUT2D eigenvalue weighted by Crippen LogP contribution is -2.31. The summed E-state index contributed by atoms with van der Waals surface area (Å²) in [7, 11) is 0. The first-order valence-corrected chi connectivity index (χ1v) is 11.1. The molecule has 0 fully saturated rings. The van der Waals surface area contributed by atoms with Gasteiger partial charge in [-0.1, -0.05) is 54.6 Å². The first-order chi connectivity index (χ1) is 16.0. The van der Waals surface area contributed by atoms with Crippen LogP contribution < -0.4 is 16.4 Å². The summed E-state index contributed by atoms with van der Waals surface area (Å²) in [6, 6.07) is 24.7. The van der Waals surface area contributed by atoms with E-state index < -0.39 is 5.91 Å². The van der Waals surface area contributed by atoms with Crippen LogP contribution in [0.1, 0.15) is 39.9 Å². The topological polar surface area (TPSA) is 101 Å². The van der Waals surface area contributed by atoms with Crippen molar-refractivity contribution in [3.63, 3.8) is 0 Å². The predicted octanol–water partition coefficient (Wildman–Crippen LogP) is 3.65. The third kappa shape index (κ3) is 8.01. The summed E-state index contributed by atoms with van der Waals surface area (Å²) < 4.78 is 0. The van der Waals surface area contributed by atoms with E-state index in [1.807, 2.05) is 30.3 Å². The van der Waals surface area contributed by atoms with Gasteiger partial charge in [0.25, 0.3) is 5.91 Å². The normalized spacial score (nSPS) is 10.5. The number of hydrogen-bond acceptors (Lipinski definition) is 4. The molecule has 6 nitrogen and oxygen atoms in total. The van der Waals surface area contributed by atoms with Crippen molar-refractivity contribution in [1.29, 1.82) is 0 Å². The van der Waals surface area contributed by atoms with Crippen LogP contribution in [0.15, 0.2) is 78.9 Å². The Morgan fingerprint density at radius 3 is 1.85 bits per heavy atom. The summed E-state index contributed by atoms with van der Waals surface area (Å²) in [6.45, 7) is -0.119. The van der Waals surface area contributed by atoms with Gasteiger partial charge in [-0.15, -0.1) is 0 Å². The third-order valence-corrected chi connectivity index (χ3v) is 5.28. The Labute approximate surface area is 194 Å². The molecule has 170 valence electrons. The highest BCUT2D eigenvalue weighted by atomic mass is 16.2. The van der Waals surface area contributed by atoms with E-state index in [-0.39, 0.29) is 24.8 Å². The molecule has 0 aliphatic carbocycles. The Bertz CT molecular complexity index is 1060. The van der Waals surface area contributed by atoms with E-state index >= 15 is 0 Å². The van der Waals surface area contributed by atoms with Gasteiger partial charge in [-0.2, -0.15) is 0 Å². The maximum Gasteiger partial charge on any atom is 0.257 e. The zero-order chi connectivity index (χ0) is 23.5. The molecule has 0 radical (unpaired) electrons. The highest BCUT2D eigenvalue weighted by Gasteiger charge is 2.11. The highest BCUT2D eigenvalue weighted by Crippen LogP contribution is 2.12. The molecule has 0 saturated heterocycles. The Morgan fingerprint density at radius 1 is 0.667 bits per heavy atom. The fourth-order valence-electron chi connectivity index (χ4n) is 3.47. The molecule has 6 heteroatoms. The van der Waals surface area contributed by atoms with Gasteiger partial charge in [0.05, 0.1) is 13.0 Å². The second kappa shape index (κ2) is 12.3. The summed E-state index contributed by atoms with van der Waals surface area (Å²) >= 11 is 0. The largest absolute Gasteiger partial charge is 0.325 e. The lowest BCUT2D eigenvalue weighted by molar-refractivity contribution is -0.119. The molecule has 0 heterocycles. The molecule has 3 rings (SSSR count). The molecular formula is C27H29N3O3. The number of rotatable bonds is 10. The van der Waals surface area contributed by atoms with Crippen LogP contribution in [0.4, 0.5) is 5.69 Å². The molecule has 3 aromatic carbocycles. The van der Waals surface area contributed by atoms with Crippen LogP contribution in [-0.2, 0) is 28.9 Å². The molecule has 0 atom stereocenters. The zero-order valence-corrected chi connectivity index (χ0v) is 18.6. The van der Waals surface area contributed by atoms with Crippen molar-refractivity contribution < 1.29 is 14.4 Å². The van der Waals surface area contributed by atoms with E-state index in [0.29, 0.717) is 11.3 Å². The summed E-state index contributed by atoms with van der Waals surface area (Å²) in [6.07, 6.45) is 4.46. The summed E-state index contributed by atoms with van der Waals surface area (Å²) in [4.78, 5) is 35.9. The number of nitrogens with one attached hydrogen (secondary N) is 2. The molecule has 0 aromatic heterocycles. The molecule has 4 N–H and O–H groups in total. The van der Waals surface area contributed by atoms with Gasteiger partial charge in [0.2, 0.25) is 11.8 Å². The fraction of sp³-hybridized carbons (Fsp3) is 0.222. The summed E-state index contributed by atoms with van der Waals surface area (Å²) in [5, 5.41) is 5.00. The van der Waals surface area contributed by atoms with Gasteiger partial charge in [0, 0.05) is 11.3 Å². The Balaban J connectivity index is 1.41. The lowest BCUT2D eigenvalue weighted by atomic mass is 10.0. The molecule has 3 amide bonds. The molecule has 0 aliphatic heterocycles. The average molecular weight is 444 g/mol. The molecule has 0 spiro atoms. The first kappa shape index (κ1) is 23.9. The van der Waals surface area contributed by atoms with E-state index in [1.54, 1.807) is 24.3 Å². The van der Waals surface area contributed by atoms with E-state index in [1.165, 1.54) is 11.1 Å². The second-order valence-electron chi connectivity index (χ2n) is 7.89. The maximum atomic E-state index is 12.3. The number of hydrogen-bond donors (Lipinski definition) is 3. The predicted molar refractivity (Wildman–Crippen MR) is 130 cm³/mol. The number of benzene rings is 3. The van der Waals surface area contributed by atoms with E-state index in [0.717, 1.165) is 31.2 Å². The van der Waals surface area contributed by atoms with Crippen LogP contribution in [0.2, 0.25) is 0 Å². The molecule has 0 bridgehead atoms. The minimum atomic E-state index is -0.480. The van der Waals surface area contributed by atoms with Gasteiger partial charge in [0.15, 0.2) is 0 Å². The van der Waals surface area contributed by atoms with Gasteiger partial charge in [-0.25, -0.2) is 0 Å². The quantitative estimate of drug-likeness (QED) is 0.416. The van der Waals surface area contributed by atoms with Crippen LogP contribution in [0, 0.1) is 0 Å². The minimum Gasteiger partial charge on any atom is -0.325 e. The van der Waals surface area contributed by atoms with E-state index in [4.69, 9.17) is 5.73 Å². The van der Waals surface area contributed by atoms with Crippen molar-refractivity contribution in [3.8, 4) is 0 Å². The summed E-state index contributed by atoms with van der Waals surface area (Å²) in [5.74, 6) is -1.16. The highest BCUT2D eigenvalue weighted by molar-refractivity contribution is 6.05. The van der Waals surface area contributed by atoms with Crippen LogP contribution in [0.5, 0.6) is 0 Å². The minimum absolute atomic E-state index is 0.119. The molecule has 0 saturated carbocycles. The number of carbonyl (C=O) groups is 3. The van der Waals surface area contributed by atoms with Crippen LogP contribution in [-0.4, -0.2) is 24.3 Å². The number of nitrogens with two attached hydrogens (primary N) is 1. The number of imide groups is 1. The first-order valence-electron chi connectivity index (χ1n) is 11.1. The van der Waals surface area contributed by atoms with Gasteiger partial charge in [0.1, 0.15) is 0 Å². The Morgan fingerprint density at radius 2 is 1.24 bits per heavy atom. The third-order valence-electron chi connectivity index (χ3n) is 5.28. The monoisotopic (exact) mass is 443 g/mol. The number of amides is 3. The van der Waals surface area contributed by atoms with Crippen LogP contribution >= 0.6 is 0 Å². The van der Waals surface area contributed by atoms with Crippen molar-refractivity contribution in [2.75, 3.05) is 11.9 Å². The number of carbonyl (C=O) groups excluding carboxylic acids is 3. The van der Waals surface area contributed by atoms with Gasteiger partial charge in [-0.3, -0.25) is 19.7 Å². The van der Waals surface area contributed by atoms with Crippen molar-refractivity contribution in [2.45, 2.75) is 32.1 Å².